The van der Waals surface area contributed by atoms with Crippen LogP contribution >= 0.6 is 0 Å². The predicted molar refractivity (Wildman–Crippen MR) is 33.3 cm³/mol. The Kier molecular flexibility index (Phi) is 3.51. The molecule has 0 spiro atoms. The van der Waals surface area contributed by atoms with Crippen molar-refractivity contribution in [3.05, 3.63) is 0 Å². The molecule has 0 unspecified atom stereocenters. The molecule has 0 saturated carbocycles. The van der Waals surface area contributed by atoms with Gasteiger partial charge in [0.05, 0.1) is 0 Å². The third-order valence-corrected chi connectivity index (χ3v) is 0.709. The van der Waals surface area contributed by atoms with Gasteiger partial charge in [0.1, 0.15) is 6.54 Å². The summed E-state index contributed by atoms with van der Waals surface area (Å²) in [7, 11) is 1.27. The van der Waals surface area contributed by atoms with Gasteiger partial charge in [0.25, 0.3) is 0 Å². The van der Waals surface area contributed by atoms with Gasteiger partial charge >= 0.3 is 14.0 Å². The molecule has 1 N–H and O–H groups in total. The van der Waals surface area contributed by atoms with Crippen molar-refractivity contribution in [1.29, 1.82) is 0 Å². The smallest absolute Gasteiger partial charge is 0.326 e. The van der Waals surface area contributed by atoms with Crippen molar-refractivity contribution in [3.63, 3.8) is 0 Å². The molecule has 5 heteroatoms. The summed E-state index contributed by atoms with van der Waals surface area (Å²) in [6.45, 7) is 1.29. The van der Waals surface area contributed by atoms with Gasteiger partial charge in [-0.2, -0.15) is 0 Å². The molecule has 0 aromatic rings. The van der Waals surface area contributed by atoms with Gasteiger partial charge in [0.15, 0.2) is 0 Å². The Morgan fingerprint density at radius 1 is 1.67 bits per heavy atom. The molecule has 0 rings (SSSR count). The Hall–Kier alpha value is -0.995. The molecule has 9 heavy (non-hydrogen) atoms. The highest BCUT2D eigenvalue weighted by molar-refractivity contribution is 6.05. The van der Waals surface area contributed by atoms with E-state index in [1.807, 2.05) is 0 Å². The van der Waals surface area contributed by atoms with Crippen LogP contribution in [-0.2, 0) is 14.2 Å². The van der Waals surface area contributed by atoms with Crippen LogP contribution in [0.2, 0.25) is 0 Å². The number of carbonyl (C=O) groups is 2. The van der Waals surface area contributed by atoms with E-state index in [1.54, 1.807) is 0 Å². The van der Waals surface area contributed by atoms with E-state index in [4.69, 9.17) is 0 Å². The van der Waals surface area contributed by atoms with Gasteiger partial charge in [-0.3, -0.25) is 9.59 Å². The number of hydrogen-bond donors (Lipinski definition) is 1. The largest absolute Gasteiger partial charge is 0.542 e. The maximum absolute atomic E-state index is 10.3. The van der Waals surface area contributed by atoms with Crippen LogP contribution in [0.15, 0.2) is 0 Å². The van der Waals surface area contributed by atoms with Gasteiger partial charge in [0, 0.05) is 6.92 Å². The standard InChI is InChI=1S/C4H8BNO3/c1-3(7)6-2-4(8)9-5/h2,5H2,1H3,(H,6,7). The van der Waals surface area contributed by atoms with Crippen LogP contribution in [0.25, 0.3) is 0 Å². The number of rotatable bonds is 2. The van der Waals surface area contributed by atoms with Gasteiger partial charge < -0.3 is 9.97 Å². The zero-order valence-corrected chi connectivity index (χ0v) is 5.43. The molecule has 0 aliphatic rings. The molecule has 0 heterocycles. The fraction of sp³-hybridized carbons (Fsp3) is 0.500. The van der Waals surface area contributed by atoms with Gasteiger partial charge in [-0.15, -0.1) is 0 Å². The molecule has 50 valence electrons. The van der Waals surface area contributed by atoms with Crippen LogP contribution in [0.1, 0.15) is 6.92 Å². The summed E-state index contributed by atoms with van der Waals surface area (Å²) in [6, 6.07) is 0. The van der Waals surface area contributed by atoms with Crippen molar-refractivity contribution < 1.29 is 14.2 Å². The summed E-state index contributed by atoms with van der Waals surface area (Å²) < 4.78 is 4.25. The van der Waals surface area contributed by atoms with E-state index in [-0.39, 0.29) is 12.5 Å². The van der Waals surface area contributed by atoms with Crippen molar-refractivity contribution in [2.45, 2.75) is 6.92 Å². The second kappa shape index (κ2) is 3.94. The normalized spacial score (nSPS) is 8.11. The third-order valence-electron chi connectivity index (χ3n) is 0.709. The molecule has 1 amide bonds. The summed E-state index contributed by atoms with van der Waals surface area (Å²) in [5.74, 6) is -0.675. The summed E-state index contributed by atoms with van der Waals surface area (Å²) in [4.78, 5) is 20.4. The van der Waals surface area contributed by atoms with E-state index in [9.17, 15) is 9.59 Å². The summed E-state index contributed by atoms with van der Waals surface area (Å²) in [6.07, 6.45) is 0. The van der Waals surface area contributed by atoms with E-state index in [0.29, 0.717) is 0 Å². The van der Waals surface area contributed by atoms with E-state index in [2.05, 4.69) is 9.97 Å². The quantitative estimate of drug-likeness (QED) is 0.448. The molecule has 0 aromatic carbocycles. The van der Waals surface area contributed by atoms with Gasteiger partial charge in [-0.25, -0.2) is 0 Å². The first-order chi connectivity index (χ1) is 4.16. The Balaban J connectivity index is 3.28. The topological polar surface area (TPSA) is 55.4 Å². The van der Waals surface area contributed by atoms with Crippen LogP contribution < -0.4 is 5.32 Å². The van der Waals surface area contributed by atoms with Crippen molar-refractivity contribution in [2.75, 3.05) is 6.54 Å². The average Bonchev–Trinajstić information content (AvgIpc) is 1.83. The Labute approximate surface area is 54.0 Å². The van der Waals surface area contributed by atoms with Crippen molar-refractivity contribution in [2.24, 2.45) is 0 Å². The van der Waals surface area contributed by atoms with Crippen LogP contribution in [0, 0.1) is 0 Å². The monoisotopic (exact) mass is 129 g/mol. The van der Waals surface area contributed by atoms with Crippen LogP contribution in [-0.4, -0.2) is 26.5 Å². The molecular formula is C4H8BNO3. The van der Waals surface area contributed by atoms with Crippen molar-refractivity contribution in [3.8, 4) is 0 Å². The highest BCUT2D eigenvalue weighted by atomic mass is 16.5. The molecular weight excluding hydrogens is 121 g/mol. The minimum absolute atomic E-state index is 0.0498. The molecule has 0 radical (unpaired) electrons. The number of hydrogen-bond acceptors (Lipinski definition) is 3. The first kappa shape index (κ1) is 8.00. The maximum atomic E-state index is 10.3. The molecule has 0 aromatic heterocycles. The second-order valence-corrected chi connectivity index (χ2v) is 1.49. The number of carbonyl (C=O) groups excluding carboxylic acids is 2. The zero-order chi connectivity index (χ0) is 7.28. The molecule has 0 atom stereocenters. The minimum atomic E-state index is -0.440. The third kappa shape index (κ3) is 4.87. The van der Waals surface area contributed by atoms with Crippen LogP contribution in [0.3, 0.4) is 0 Å². The van der Waals surface area contributed by atoms with E-state index in [0.717, 1.165) is 0 Å². The summed E-state index contributed by atoms with van der Waals surface area (Å²) in [5.41, 5.74) is 0. The number of amides is 1. The maximum Gasteiger partial charge on any atom is 0.326 e. The van der Waals surface area contributed by atoms with Crippen molar-refractivity contribution in [1.82, 2.24) is 5.32 Å². The first-order valence-electron chi connectivity index (χ1n) is 2.48. The molecule has 0 aliphatic carbocycles. The van der Waals surface area contributed by atoms with Crippen LogP contribution in [0.5, 0.6) is 0 Å². The summed E-state index contributed by atoms with van der Waals surface area (Å²) >= 11 is 0. The molecule has 0 saturated heterocycles. The highest BCUT2D eigenvalue weighted by Crippen LogP contribution is 1.67. The lowest BCUT2D eigenvalue weighted by Gasteiger charge is -1.98. The van der Waals surface area contributed by atoms with Gasteiger partial charge in [-0.1, -0.05) is 0 Å². The van der Waals surface area contributed by atoms with Crippen molar-refractivity contribution >= 4 is 19.9 Å². The lowest BCUT2D eigenvalue weighted by atomic mass is 10.5. The Bertz CT molecular complexity index is 125. The van der Waals surface area contributed by atoms with E-state index >= 15 is 0 Å². The van der Waals surface area contributed by atoms with Gasteiger partial charge in [-0.05, 0) is 0 Å². The lowest BCUT2D eigenvalue weighted by Crippen LogP contribution is -2.27. The second-order valence-electron chi connectivity index (χ2n) is 1.49. The van der Waals surface area contributed by atoms with Gasteiger partial charge in [0.2, 0.25) is 5.91 Å². The van der Waals surface area contributed by atoms with E-state index in [1.165, 1.54) is 15.0 Å². The fourth-order valence-electron chi connectivity index (χ4n) is 0.269. The average molecular weight is 129 g/mol. The fourth-order valence-corrected chi connectivity index (χ4v) is 0.269. The zero-order valence-electron chi connectivity index (χ0n) is 5.43. The number of nitrogens with one attached hydrogen (secondary N) is 1. The van der Waals surface area contributed by atoms with Crippen LogP contribution in [0.4, 0.5) is 0 Å². The molecule has 0 bridgehead atoms. The minimum Gasteiger partial charge on any atom is -0.542 e. The SMILES string of the molecule is BOC(=O)CNC(C)=O. The molecule has 0 aliphatic heterocycles. The lowest BCUT2D eigenvalue weighted by molar-refractivity contribution is -0.134. The molecule has 4 nitrogen and oxygen atoms in total. The Morgan fingerprint density at radius 3 is 2.56 bits per heavy atom. The first-order valence-corrected chi connectivity index (χ1v) is 2.48. The Morgan fingerprint density at radius 2 is 2.22 bits per heavy atom. The predicted octanol–water partition coefficient (Wildman–Crippen LogP) is -1.79. The summed E-state index contributed by atoms with van der Waals surface area (Å²) in [5, 5.41) is 2.28. The van der Waals surface area contributed by atoms with E-state index < -0.39 is 5.97 Å². The highest BCUT2D eigenvalue weighted by Gasteiger charge is 1.97. The molecule has 0 fully saturated rings.